The van der Waals surface area contributed by atoms with E-state index in [1.165, 1.54) is 353 Å². The molecular weight excluding hydrogens is 1100 g/mol. The van der Waals surface area contributed by atoms with Gasteiger partial charge in [-0.2, -0.15) is 0 Å². The zero-order valence-corrected chi connectivity index (χ0v) is 60.6. The average Bonchev–Trinajstić information content (AvgIpc) is 3.61. The Labute approximate surface area is 562 Å². The third-order valence-corrected chi connectivity index (χ3v) is 18.8. The van der Waals surface area contributed by atoms with Crippen LogP contribution in [0.25, 0.3) is 0 Å². The second-order valence-electron chi connectivity index (χ2n) is 27.7. The van der Waals surface area contributed by atoms with Crippen LogP contribution in [0.1, 0.15) is 438 Å². The summed E-state index contributed by atoms with van der Waals surface area (Å²) in [5, 5.41) is 23.3. The Hall–Kier alpha value is -2.44. The second kappa shape index (κ2) is 79.0. The first-order valence-electron chi connectivity index (χ1n) is 40.6. The van der Waals surface area contributed by atoms with Crippen LogP contribution in [-0.4, -0.2) is 47.4 Å². The third-order valence-electron chi connectivity index (χ3n) is 18.8. The molecule has 6 nitrogen and oxygen atoms in total. The molecule has 2 atom stereocenters. The van der Waals surface area contributed by atoms with E-state index >= 15 is 0 Å². The molecule has 0 saturated heterocycles. The number of aliphatic hydroxyl groups is 2. The molecule has 0 heterocycles. The van der Waals surface area contributed by atoms with Crippen LogP contribution in [0, 0.1) is 0 Å². The maximum atomic E-state index is 12.6. The Balaban J connectivity index is 3.41. The molecule has 0 rings (SSSR count). The van der Waals surface area contributed by atoms with Gasteiger partial charge >= 0.3 is 5.97 Å². The topological polar surface area (TPSA) is 95.9 Å². The summed E-state index contributed by atoms with van der Waals surface area (Å²) in [6.07, 6.45) is 106. The Kier molecular flexibility index (Phi) is 76.9. The number of aliphatic hydroxyl groups excluding tert-OH is 2. The molecule has 0 aromatic heterocycles. The van der Waals surface area contributed by atoms with Gasteiger partial charge in [-0.15, -0.1) is 0 Å². The van der Waals surface area contributed by atoms with E-state index in [9.17, 15) is 19.8 Å². The van der Waals surface area contributed by atoms with Crippen molar-refractivity contribution in [2.45, 2.75) is 450 Å². The zero-order chi connectivity index (χ0) is 64.9. The van der Waals surface area contributed by atoms with Crippen LogP contribution < -0.4 is 5.32 Å². The lowest BCUT2D eigenvalue weighted by Gasteiger charge is -2.20. The largest absolute Gasteiger partial charge is 0.466 e. The second-order valence-corrected chi connectivity index (χ2v) is 27.7. The van der Waals surface area contributed by atoms with E-state index in [0.29, 0.717) is 19.4 Å². The van der Waals surface area contributed by atoms with E-state index < -0.39 is 12.1 Å². The van der Waals surface area contributed by atoms with Gasteiger partial charge in [-0.05, 0) is 96.3 Å². The highest BCUT2D eigenvalue weighted by Crippen LogP contribution is 2.19. The summed E-state index contributed by atoms with van der Waals surface area (Å²) in [4.78, 5) is 24.6. The molecule has 0 fully saturated rings. The molecule has 528 valence electrons. The third kappa shape index (κ3) is 74.6. The van der Waals surface area contributed by atoms with Gasteiger partial charge in [0.05, 0.1) is 25.4 Å². The molecule has 1 amide bonds. The number of unbranched alkanes of at least 4 members (excludes halogenated alkanes) is 57. The number of hydrogen-bond donors (Lipinski definition) is 3. The Morgan fingerprint density at radius 3 is 0.867 bits per heavy atom. The van der Waals surface area contributed by atoms with Gasteiger partial charge in [-0.1, -0.05) is 389 Å². The number of ether oxygens (including phenoxy) is 1. The number of rotatable bonds is 76. The van der Waals surface area contributed by atoms with Crippen molar-refractivity contribution in [3.63, 3.8) is 0 Å². The summed E-state index contributed by atoms with van der Waals surface area (Å²) in [7, 11) is 0. The van der Waals surface area contributed by atoms with Crippen molar-refractivity contribution in [3.8, 4) is 0 Å². The monoisotopic (exact) mass is 1260 g/mol. The normalized spacial score (nSPS) is 12.8. The first kappa shape index (κ1) is 87.6. The number of amides is 1. The van der Waals surface area contributed by atoms with Gasteiger partial charge < -0.3 is 20.3 Å². The molecule has 0 spiro atoms. The number of carbonyl (C=O) groups is 2. The van der Waals surface area contributed by atoms with Crippen LogP contribution >= 0.6 is 0 Å². The highest BCUT2D eigenvalue weighted by atomic mass is 16.5. The van der Waals surface area contributed by atoms with Crippen molar-refractivity contribution in [2.24, 2.45) is 0 Å². The van der Waals surface area contributed by atoms with Gasteiger partial charge in [-0.3, -0.25) is 9.59 Å². The molecule has 0 bridgehead atoms. The summed E-state index contributed by atoms with van der Waals surface area (Å²) in [6, 6.07) is -0.629. The summed E-state index contributed by atoms with van der Waals surface area (Å²) >= 11 is 0. The Morgan fingerprint density at radius 2 is 0.556 bits per heavy atom. The smallest absolute Gasteiger partial charge is 0.305 e. The molecule has 0 saturated carbocycles. The molecule has 0 aliphatic rings. The van der Waals surface area contributed by atoms with Crippen molar-refractivity contribution in [1.29, 1.82) is 0 Å². The van der Waals surface area contributed by atoms with E-state index in [0.717, 1.165) is 57.8 Å². The molecule has 0 aromatic carbocycles. The van der Waals surface area contributed by atoms with Gasteiger partial charge in [0.1, 0.15) is 0 Å². The maximum absolute atomic E-state index is 12.6. The van der Waals surface area contributed by atoms with Crippen molar-refractivity contribution < 1.29 is 24.5 Å². The molecular formula is C84H157NO5. The van der Waals surface area contributed by atoms with E-state index in [1.807, 2.05) is 6.08 Å². The zero-order valence-electron chi connectivity index (χ0n) is 60.6. The number of hydrogen-bond acceptors (Lipinski definition) is 5. The van der Waals surface area contributed by atoms with Crippen LogP contribution in [0.15, 0.2) is 60.8 Å². The molecule has 0 aliphatic heterocycles. The Morgan fingerprint density at radius 1 is 0.311 bits per heavy atom. The SMILES string of the molecule is CCCCC/C=C\C/C=C\CCCCCCCC(=O)OCCCCCCCCCCC/C=C\C/C=C\CCCCCCCCCCCCCCCCCCCC(=O)NC(CO)C(O)/C=C/CCCCCCCCCCCCCCCCCCCCCCCCC. The minimum absolute atomic E-state index is 0.000126. The highest BCUT2D eigenvalue weighted by molar-refractivity contribution is 5.76. The lowest BCUT2D eigenvalue weighted by atomic mass is 10.0. The van der Waals surface area contributed by atoms with Crippen LogP contribution in [-0.2, 0) is 14.3 Å². The number of nitrogens with one attached hydrogen (secondary N) is 1. The van der Waals surface area contributed by atoms with Gasteiger partial charge in [0.15, 0.2) is 0 Å². The van der Waals surface area contributed by atoms with Gasteiger partial charge in [-0.25, -0.2) is 0 Å². The van der Waals surface area contributed by atoms with Crippen molar-refractivity contribution >= 4 is 11.9 Å². The number of esters is 1. The minimum atomic E-state index is -0.846. The van der Waals surface area contributed by atoms with Crippen LogP contribution in [0.5, 0.6) is 0 Å². The Bertz CT molecular complexity index is 1550. The first-order chi connectivity index (χ1) is 44.5. The lowest BCUT2D eigenvalue weighted by Crippen LogP contribution is -2.45. The van der Waals surface area contributed by atoms with E-state index in [1.54, 1.807) is 6.08 Å². The lowest BCUT2D eigenvalue weighted by molar-refractivity contribution is -0.143. The predicted molar refractivity (Wildman–Crippen MR) is 398 cm³/mol. The van der Waals surface area contributed by atoms with E-state index in [4.69, 9.17) is 4.74 Å². The average molecular weight is 1260 g/mol. The fourth-order valence-corrected chi connectivity index (χ4v) is 12.6. The van der Waals surface area contributed by atoms with E-state index in [-0.39, 0.29) is 18.5 Å². The van der Waals surface area contributed by atoms with Crippen molar-refractivity contribution in [3.05, 3.63) is 60.8 Å². The highest BCUT2D eigenvalue weighted by Gasteiger charge is 2.18. The molecule has 0 radical (unpaired) electrons. The van der Waals surface area contributed by atoms with Gasteiger partial charge in [0.25, 0.3) is 0 Å². The molecule has 3 N–H and O–H groups in total. The van der Waals surface area contributed by atoms with Crippen molar-refractivity contribution in [1.82, 2.24) is 5.32 Å². The summed E-state index contributed by atoms with van der Waals surface area (Å²) < 4.78 is 5.49. The molecule has 90 heavy (non-hydrogen) atoms. The summed E-state index contributed by atoms with van der Waals surface area (Å²) in [6.45, 7) is 4.91. The van der Waals surface area contributed by atoms with Crippen LogP contribution in [0.4, 0.5) is 0 Å². The number of allylic oxidation sites excluding steroid dienone is 9. The predicted octanol–water partition coefficient (Wildman–Crippen LogP) is 26.9. The molecule has 0 aromatic rings. The van der Waals surface area contributed by atoms with Gasteiger partial charge in [0.2, 0.25) is 5.91 Å². The minimum Gasteiger partial charge on any atom is -0.466 e. The van der Waals surface area contributed by atoms with E-state index in [2.05, 4.69) is 67.8 Å². The molecule has 0 aliphatic carbocycles. The van der Waals surface area contributed by atoms with Crippen LogP contribution in [0.2, 0.25) is 0 Å². The molecule has 6 heteroatoms. The fraction of sp³-hybridized carbons (Fsp3) is 0.857. The van der Waals surface area contributed by atoms with Crippen LogP contribution in [0.3, 0.4) is 0 Å². The molecule has 2 unspecified atom stereocenters. The standard InChI is InChI=1S/C84H157NO5/c1-3-5-7-9-11-13-15-17-19-20-21-22-23-33-36-39-42-45-49-52-56-60-64-68-72-76-82(87)81(80-86)85-83(88)77-73-69-65-61-57-53-50-46-43-40-37-34-31-29-27-25-24-26-28-30-32-35-38-41-44-47-51-55-59-63-67-71-75-79-90-84(89)78-74-70-66-62-58-54-48-18-16-14-12-10-8-6-4-2/h12,14,18,28,30,35,38,48,72,76,81-82,86-87H,3-11,13,15-17,19-27,29,31-34,36-37,39-47,49-71,73-75,77-80H2,1-2H3,(H,85,88)/b14-12-,30-28-,38-35-,48-18-,76-72+. The fourth-order valence-electron chi connectivity index (χ4n) is 12.6. The summed E-state index contributed by atoms with van der Waals surface area (Å²) in [5.74, 6) is -0.0615. The summed E-state index contributed by atoms with van der Waals surface area (Å²) in [5.41, 5.74) is 0. The quantitative estimate of drug-likeness (QED) is 0.0320. The number of carbonyl (C=O) groups excluding carboxylic acids is 2. The van der Waals surface area contributed by atoms with Crippen molar-refractivity contribution in [2.75, 3.05) is 13.2 Å². The first-order valence-corrected chi connectivity index (χ1v) is 40.6. The van der Waals surface area contributed by atoms with Gasteiger partial charge in [0, 0.05) is 12.8 Å². The maximum Gasteiger partial charge on any atom is 0.305 e.